The molecule has 0 amide bonds. The lowest BCUT2D eigenvalue weighted by atomic mass is 10.2. The summed E-state index contributed by atoms with van der Waals surface area (Å²) in [4.78, 5) is 8.50. The van der Waals surface area contributed by atoms with Crippen molar-refractivity contribution < 1.29 is 9.47 Å². The Kier molecular flexibility index (Phi) is 3.85. The number of benzene rings is 1. The van der Waals surface area contributed by atoms with Crippen molar-refractivity contribution >= 4 is 5.82 Å². The van der Waals surface area contributed by atoms with Crippen molar-refractivity contribution in [2.45, 2.75) is 19.8 Å². The van der Waals surface area contributed by atoms with Crippen LogP contribution in [0.25, 0.3) is 0 Å². The van der Waals surface area contributed by atoms with Crippen LogP contribution < -0.4 is 15.2 Å². The largest absolute Gasteiger partial charge is 0.497 e. The van der Waals surface area contributed by atoms with Gasteiger partial charge in [0.25, 0.3) is 0 Å². The first-order valence-electron chi connectivity index (χ1n) is 6.05. The Hall–Kier alpha value is -2.30. The SMILES string of the molecule is COc1cccc(Oc2cc(N)nc(C(C)C)n2)c1. The second-order valence-electron chi connectivity index (χ2n) is 4.42. The van der Waals surface area contributed by atoms with E-state index in [2.05, 4.69) is 9.97 Å². The molecule has 2 aromatic rings. The van der Waals surface area contributed by atoms with Crippen LogP contribution in [0.4, 0.5) is 5.82 Å². The minimum Gasteiger partial charge on any atom is -0.497 e. The minimum atomic E-state index is 0.191. The lowest BCUT2D eigenvalue weighted by Gasteiger charge is -2.10. The Morgan fingerprint density at radius 2 is 1.84 bits per heavy atom. The molecule has 0 bridgehead atoms. The molecule has 5 nitrogen and oxygen atoms in total. The maximum absolute atomic E-state index is 5.75. The monoisotopic (exact) mass is 259 g/mol. The number of hydrogen-bond donors (Lipinski definition) is 1. The van der Waals surface area contributed by atoms with Crippen molar-refractivity contribution in [1.82, 2.24) is 9.97 Å². The summed E-state index contributed by atoms with van der Waals surface area (Å²) < 4.78 is 10.8. The Balaban J connectivity index is 2.27. The minimum absolute atomic E-state index is 0.191. The van der Waals surface area contributed by atoms with Gasteiger partial charge in [-0.25, -0.2) is 4.98 Å². The molecule has 0 unspecified atom stereocenters. The molecule has 1 aromatic heterocycles. The molecule has 2 rings (SSSR count). The second-order valence-corrected chi connectivity index (χ2v) is 4.42. The van der Waals surface area contributed by atoms with Gasteiger partial charge in [0.2, 0.25) is 5.88 Å². The van der Waals surface area contributed by atoms with Crippen molar-refractivity contribution in [2.75, 3.05) is 12.8 Å². The summed E-state index contributed by atoms with van der Waals surface area (Å²) in [6, 6.07) is 8.91. The summed E-state index contributed by atoms with van der Waals surface area (Å²) >= 11 is 0. The maximum Gasteiger partial charge on any atom is 0.224 e. The van der Waals surface area contributed by atoms with E-state index >= 15 is 0 Å². The summed E-state index contributed by atoms with van der Waals surface area (Å²) in [5.41, 5.74) is 5.75. The van der Waals surface area contributed by atoms with E-state index in [9.17, 15) is 0 Å². The number of hydrogen-bond acceptors (Lipinski definition) is 5. The zero-order chi connectivity index (χ0) is 13.8. The van der Waals surface area contributed by atoms with Gasteiger partial charge in [-0.3, -0.25) is 0 Å². The zero-order valence-electron chi connectivity index (χ0n) is 11.3. The summed E-state index contributed by atoms with van der Waals surface area (Å²) in [5, 5.41) is 0. The Morgan fingerprint density at radius 1 is 1.11 bits per heavy atom. The van der Waals surface area contributed by atoms with Gasteiger partial charge in [-0.15, -0.1) is 0 Å². The first kappa shape index (κ1) is 13.1. The first-order chi connectivity index (χ1) is 9.08. The lowest BCUT2D eigenvalue weighted by molar-refractivity contribution is 0.407. The van der Waals surface area contributed by atoms with Crippen molar-refractivity contribution in [2.24, 2.45) is 0 Å². The van der Waals surface area contributed by atoms with E-state index in [-0.39, 0.29) is 5.92 Å². The number of methoxy groups -OCH3 is 1. The highest BCUT2D eigenvalue weighted by Crippen LogP contribution is 2.25. The highest BCUT2D eigenvalue weighted by Gasteiger charge is 2.08. The van der Waals surface area contributed by atoms with E-state index in [1.54, 1.807) is 19.2 Å². The third-order valence-electron chi connectivity index (χ3n) is 2.52. The van der Waals surface area contributed by atoms with Crippen LogP contribution in [0.3, 0.4) is 0 Å². The molecule has 19 heavy (non-hydrogen) atoms. The molecule has 0 aliphatic carbocycles. The number of aromatic nitrogens is 2. The maximum atomic E-state index is 5.75. The normalized spacial score (nSPS) is 10.5. The van der Waals surface area contributed by atoms with Crippen molar-refractivity contribution in [3.8, 4) is 17.4 Å². The molecule has 0 saturated heterocycles. The molecule has 2 N–H and O–H groups in total. The highest BCUT2D eigenvalue weighted by atomic mass is 16.5. The van der Waals surface area contributed by atoms with Gasteiger partial charge >= 0.3 is 0 Å². The molecule has 0 fully saturated rings. The van der Waals surface area contributed by atoms with Crippen molar-refractivity contribution in [3.63, 3.8) is 0 Å². The fraction of sp³-hybridized carbons (Fsp3) is 0.286. The van der Waals surface area contributed by atoms with Gasteiger partial charge in [0, 0.05) is 18.1 Å². The van der Waals surface area contributed by atoms with Gasteiger partial charge in [0.15, 0.2) is 0 Å². The molecule has 0 saturated carbocycles. The van der Waals surface area contributed by atoms with Crippen LogP contribution in [-0.4, -0.2) is 17.1 Å². The van der Waals surface area contributed by atoms with Crippen LogP contribution in [0, 0.1) is 0 Å². The summed E-state index contributed by atoms with van der Waals surface area (Å²) in [7, 11) is 1.61. The molecular weight excluding hydrogens is 242 g/mol. The standard InChI is InChI=1S/C14H17N3O2/c1-9(2)14-16-12(15)8-13(17-14)19-11-6-4-5-10(7-11)18-3/h4-9H,1-3H3,(H2,15,16,17). The average molecular weight is 259 g/mol. The molecule has 1 aromatic carbocycles. The topological polar surface area (TPSA) is 70.3 Å². The van der Waals surface area contributed by atoms with Crippen LogP contribution in [0.1, 0.15) is 25.6 Å². The molecule has 0 aliphatic rings. The fourth-order valence-corrected chi connectivity index (χ4v) is 1.56. The molecule has 0 atom stereocenters. The van der Waals surface area contributed by atoms with E-state index in [1.165, 1.54) is 0 Å². The number of ether oxygens (including phenoxy) is 2. The summed E-state index contributed by atoms with van der Waals surface area (Å²) in [6.45, 7) is 4.01. The Bertz CT molecular complexity index is 570. The van der Waals surface area contributed by atoms with Crippen LogP contribution in [-0.2, 0) is 0 Å². The van der Waals surface area contributed by atoms with Gasteiger partial charge in [-0.05, 0) is 12.1 Å². The van der Waals surface area contributed by atoms with E-state index in [0.29, 0.717) is 23.3 Å². The summed E-state index contributed by atoms with van der Waals surface area (Å²) in [5.74, 6) is 3.06. The van der Waals surface area contributed by atoms with Gasteiger partial charge in [-0.2, -0.15) is 4.98 Å². The smallest absolute Gasteiger partial charge is 0.224 e. The molecule has 0 spiro atoms. The van der Waals surface area contributed by atoms with Gasteiger partial charge in [-0.1, -0.05) is 19.9 Å². The molecular formula is C14H17N3O2. The average Bonchev–Trinajstić information content (AvgIpc) is 2.38. The predicted molar refractivity (Wildman–Crippen MR) is 73.6 cm³/mol. The zero-order valence-corrected chi connectivity index (χ0v) is 11.3. The van der Waals surface area contributed by atoms with Gasteiger partial charge in [0.1, 0.15) is 23.1 Å². The number of nitrogens with two attached hydrogens (primary N) is 1. The van der Waals surface area contributed by atoms with Gasteiger partial charge < -0.3 is 15.2 Å². The summed E-state index contributed by atoms with van der Waals surface area (Å²) in [6.07, 6.45) is 0. The Labute approximate surface area is 112 Å². The highest BCUT2D eigenvalue weighted by molar-refractivity contribution is 5.38. The first-order valence-corrected chi connectivity index (χ1v) is 6.05. The van der Waals surface area contributed by atoms with Crippen LogP contribution >= 0.6 is 0 Å². The molecule has 1 heterocycles. The van der Waals surface area contributed by atoms with Crippen molar-refractivity contribution in [3.05, 3.63) is 36.2 Å². The van der Waals surface area contributed by atoms with E-state index in [4.69, 9.17) is 15.2 Å². The number of rotatable bonds is 4. The van der Waals surface area contributed by atoms with E-state index in [0.717, 1.165) is 5.75 Å². The van der Waals surface area contributed by atoms with Crippen LogP contribution in [0.15, 0.2) is 30.3 Å². The predicted octanol–water partition coefficient (Wildman–Crippen LogP) is 2.98. The quantitative estimate of drug-likeness (QED) is 0.914. The van der Waals surface area contributed by atoms with Crippen LogP contribution in [0.5, 0.6) is 17.4 Å². The van der Waals surface area contributed by atoms with Crippen molar-refractivity contribution in [1.29, 1.82) is 0 Å². The fourth-order valence-electron chi connectivity index (χ4n) is 1.56. The van der Waals surface area contributed by atoms with Gasteiger partial charge in [0.05, 0.1) is 7.11 Å². The number of anilines is 1. The Morgan fingerprint density at radius 3 is 2.53 bits per heavy atom. The molecule has 0 aliphatic heterocycles. The third kappa shape index (κ3) is 3.34. The second kappa shape index (κ2) is 5.56. The molecule has 0 radical (unpaired) electrons. The van der Waals surface area contributed by atoms with E-state index in [1.807, 2.05) is 32.0 Å². The molecule has 5 heteroatoms. The van der Waals surface area contributed by atoms with Crippen LogP contribution in [0.2, 0.25) is 0 Å². The number of nitrogens with zero attached hydrogens (tertiary/aromatic N) is 2. The lowest BCUT2D eigenvalue weighted by Crippen LogP contribution is -2.03. The molecule has 100 valence electrons. The van der Waals surface area contributed by atoms with E-state index < -0.39 is 0 Å². The number of nitrogen functional groups attached to an aromatic ring is 1. The third-order valence-corrected chi connectivity index (χ3v) is 2.52.